The summed E-state index contributed by atoms with van der Waals surface area (Å²) < 4.78 is 29.3. The van der Waals surface area contributed by atoms with Crippen LogP contribution >= 0.6 is 0 Å². The van der Waals surface area contributed by atoms with Gasteiger partial charge in [-0.1, -0.05) is 0 Å². The van der Waals surface area contributed by atoms with Crippen LogP contribution in [0.15, 0.2) is 31.0 Å². The fourth-order valence-electron chi connectivity index (χ4n) is 3.72. The number of carbonyl (C=O) groups is 1. The van der Waals surface area contributed by atoms with E-state index < -0.39 is 12.4 Å². The molecule has 0 saturated carbocycles. The van der Waals surface area contributed by atoms with Gasteiger partial charge in [0.25, 0.3) is 6.43 Å². The maximum atomic E-state index is 14.0. The molecule has 1 aliphatic rings. The number of carboxylic acids is 1. The minimum Gasteiger partial charge on any atom is -0.478 e. The number of aromatic carboxylic acids is 1. The van der Waals surface area contributed by atoms with Gasteiger partial charge in [0.2, 0.25) is 0 Å². The van der Waals surface area contributed by atoms with Gasteiger partial charge in [-0.05, 0) is 19.9 Å². The second kappa shape index (κ2) is 7.36. The van der Waals surface area contributed by atoms with Crippen LogP contribution in [0.1, 0.15) is 36.2 Å². The van der Waals surface area contributed by atoms with E-state index in [0.717, 1.165) is 0 Å². The van der Waals surface area contributed by atoms with Gasteiger partial charge in [-0.25, -0.2) is 23.5 Å². The Labute approximate surface area is 165 Å². The van der Waals surface area contributed by atoms with Crippen molar-refractivity contribution in [3.8, 4) is 5.69 Å². The van der Waals surface area contributed by atoms with Gasteiger partial charge in [0, 0.05) is 43.1 Å². The summed E-state index contributed by atoms with van der Waals surface area (Å²) in [5.74, 6) is -0.757. The number of halogens is 2. The van der Waals surface area contributed by atoms with Crippen molar-refractivity contribution >= 4 is 22.8 Å². The summed E-state index contributed by atoms with van der Waals surface area (Å²) in [6, 6.07) is 1.55. The highest BCUT2D eigenvalue weighted by atomic mass is 19.3. The SMILES string of the molecule is C[C@@H]1CN(c2ncnc3c2c(C(F)F)cn3-c2cnccc2C(=O)O)[C@@H](C)CN1. The predicted molar refractivity (Wildman–Crippen MR) is 103 cm³/mol. The summed E-state index contributed by atoms with van der Waals surface area (Å²) in [6.45, 7) is 5.32. The summed E-state index contributed by atoms with van der Waals surface area (Å²) >= 11 is 0. The van der Waals surface area contributed by atoms with Gasteiger partial charge in [-0.3, -0.25) is 9.55 Å². The number of alkyl halides is 2. The number of pyridine rings is 1. The molecule has 0 unspecified atom stereocenters. The van der Waals surface area contributed by atoms with E-state index in [1.165, 1.54) is 35.6 Å². The van der Waals surface area contributed by atoms with Gasteiger partial charge in [0.05, 0.1) is 22.8 Å². The number of fused-ring (bicyclic) bond motifs is 1. The van der Waals surface area contributed by atoms with E-state index in [4.69, 9.17) is 0 Å². The number of hydrogen-bond acceptors (Lipinski definition) is 6. The molecule has 8 nitrogen and oxygen atoms in total. The Morgan fingerprint density at radius 2 is 2.14 bits per heavy atom. The predicted octanol–water partition coefficient (Wildman–Crippen LogP) is 2.64. The molecule has 1 saturated heterocycles. The molecule has 0 spiro atoms. The lowest BCUT2D eigenvalue weighted by Crippen LogP contribution is -2.54. The number of nitrogens with one attached hydrogen (secondary N) is 1. The third kappa shape index (κ3) is 3.29. The van der Waals surface area contributed by atoms with Crippen LogP contribution < -0.4 is 10.2 Å². The lowest BCUT2D eigenvalue weighted by Gasteiger charge is -2.38. The number of anilines is 1. The number of piperazine rings is 1. The van der Waals surface area contributed by atoms with Crippen molar-refractivity contribution in [3.63, 3.8) is 0 Å². The standard InChI is InChI=1S/C19H20F2N6O2/c1-10-7-26(11(2)5-23-10)17-15-13(16(20)21)8-27(18(15)25-9-24-17)14-6-22-4-3-12(14)19(28)29/h3-4,6,8-11,16,23H,5,7H2,1-2H3,(H,28,29)/t10-,11+/m1/s1. The Morgan fingerprint density at radius 3 is 2.86 bits per heavy atom. The van der Waals surface area contributed by atoms with Crippen LogP contribution in [0.3, 0.4) is 0 Å². The summed E-state index contributed by atoms with van der Waals surface area (Å²) in [5, 5.41) is 13.1. The van der Waals surface area contributed by atoms with Gasteiger partial charge in [-0.2, -0.15) is 0 Å². The Hall–Kier alpha value is -3.14. The average Bonchev–Trinajstić information content (AvgIpc) is 3.10. The normalized spacial score (nSPS) is 19.8. The van der Waals surface area contributed by atoms with Crippen LogP contribution in [0.5, 0.6) is 0 Å². The van der Waals surface area contributed by atoms with Gasteiger partial charge in [-0.15, -0.1) is 0 Å². The highest BCUT2D eigenvalue weighted by Crippen LogP contribution is 2.37. The largest absolute Gasteiger partial charge is 0.478 e. The van der Waals surface area contributed by atoms with Gasteiger partial charge >= 0.3 is 5.97 Å². The number of nitrogens with zero attached hydrogens (tertiary/aromatic N) is 5. The lowest BCUT2D eigenvalue weighted by molar-refractivity contribution is 0.0697. The van der Waals surface area contributed by atoms with Crippen molar-refractivity contribution in [1.82, 2.24) is 24.8 Å². The zero-order valence-electron chi connectivity index (χ0n) is 15.9. The number of rotatable bonds is 4. The molecule has 2 N–H and O–H groups in total. The van der Waals surface area contributed by atoms with Crippen molar-refractivity contribution in [2.24, 2.45) is 0 Å². The number of hydrogen-bond donors (Lipinski definition) is 2. The first-order chi connectivity index (χ1) is 13.9. The Balaban J connectivity index is 1.98. The van der Waals surface area contributed by atoms with Crippen molar-refractivity contribution in [3.05, 3.63) is 42.1 Å². The quantitative estimate of drug-likeness (QED) is 0.693. The van der Waals surface area contributed by atoms with E-state index in [1.807, 2.05) is 18.7 Å². The van der Waals surface area contributed by atoms with E-state index in [0.29, 0.717) is 18.9 Å². The van der Waals surface area contributed by atoms with Gasteiger partial charge in [0.15, 0.2) is 5.65 Å². The monoisotopic (exact) mass is 402 g/mol. The molecule has 0 radical (unpaired) electrons. The highest BCUT2D eigenvalue weighted by Gasteiger charge is 2.30. The smallest absolute Gasteiger partial charge is 0.337 e. The highest BCUT2D eigenvalue weighted by molar-refractivity contribution is 5.96. The summed E-state index contributed by atoms with van der Waals surface area (Å²) in [4.78, 5) is 26.1. The molecule has 2 atom stereocenters. The zero-order valence-corrected chi connectivity index (χ0v) is 15.9. The fourth-order valence-corrected chi connectivity index (χ4v) is 3.72. The number of carboxylic acid groups (broad SMARTS) is 1. The van der Waals surface area contributed by atoms with Crippen molar-refractivity contribution in [2.75, 3.05) is 18.0 Å². The topological polar surface area (TPSA) is 96.2 Å². The average molecular weight is 402 g/mol. The molecule has 152 valence electrons. The Morgan fingerprint density at radius 1 is 1.34 bits per heavy atom. The van der Waals surface area contributed by atoms with Crippen LogP contribution in [0.4, 0.5) is 14.6 Å². The molecular weight excluding hydrogens is 382 g/mol. The van der Waals surface area contributed by atoms with Crippen molar-refractivity contribution in [1.29, 1.82) is 0 Å². The molecule has 3 aromatic heterocycles. The van der Waals surface area contributed by atoms with Crippen LogP contribution in [0, 0.1) is 0 Å². The molecule has 4 heterocycles. The minimum absolute atomic E-state index is 0.0474. The molecule has 0 aliphatic carbocycles. The molecule has 0 amide bonds. The summed E-state index contributed by atoms with van der Waals surface area (Å²) in [7, 11) is 0. The summed E-state index contributed by atoms with van der Waals surface area (Å²) in [5.41, 5.74) is 0.0960. The first-order valence-electron chi connectivity index (χ1n) is 9.20. The van der Waals surface area contributed by atoms with Gasteiger partial charge in [0.1, 0.15) is 12.1 Å². The van der Waals surface area contributed by atoms with Crippen LogP contribution in [-0.4, -0.2) is 55.8 Å². The van der Waals surface area contributed by atoms with Crippen LogP contribution in [0.2, 0.25) is 0 Å². The molecule has 3 aromatic rings. The van der Waals surface area contributed by atoms with Crippen molar-refractivity contribution in [2.45, 2.75) is 32.4 Å². The van der Waals surface area contributed by atoms with E-state index in [-0.39, 0.29) is 39.9 Å². The van der Waals surface area contributed by atoms with Gasteiger partial charge < -0.3 is 15.3 Å². The van der Waals surface area contributed by atoms with E-state index in [1.54, 1.807) is 0 Å². The molecule has 4 rings (SSSR count). The van der Waals surface area contributed by atoms with E-state index >= 15 is 0 Å². The van der Waals surface area contributed by atoms with Crippen LogP contribution in [-0.2, 0) is 0 Å². The Kier molecular flexibility index (Phi) is 4.87. The third-order valence-electron chi connectivity index (χ3n) is 5.15. The van der Waals surface area contributed by atoms with Crippen LogP contribution in [0.25, 0.3) is 16.7 Å². The second-order valence-electron chi connectivity index (χ2n) is 7.16. The Bertz CT molecular complexity index is 1070. The third-order valence-corrected chi connectivity index (χ3v) is 5.15. The fraction of sp³-hybridized carbons (Fsp3) is 0.368. The molecular formula is C19H20F2N6O2. The maximum absolute atomic E-state index is 14.0. The van der Waals surface area contributed by atoms with E-state index in [2.05, 4.69) is 20.3 Å². The number of aromatic nitrogens is 4. The first-order valence-corrected chi connectivity index (χ1v) is 9.20. The zero-order chi connectivity index (χ0) is 20.7. The maximum Gasteiger partial charge on any atom is 0.337 e. The van der Waals surface area contributed by atoms with Crippen molar-refractivity contribution < 1.29 is 18.7 Å². The molecule has 1 aliphatic heterocycles. The molecule has 10 heteroatoms. The summed E-state index contributed by atoms with van der Waals surface area (Å²) in [6.07, 6.45) is 2.45. The molecule has 0 aromatic carbocycles. The lowest BCUT2D eigenvalue weighted by atomic mass is 10.1. The second-order valence-corrected chi connectivity index (χ2v) is 7.16. The molecule has 29 heavy (non-hydrogen) atoms. The molecule has 0 bridgehead atoms. The minimum atomic E-state index is -2.77. The molecule has 1 fully saturated rings. The van der Waals surface area contributed by atoms with E-state index in [9.17, 15) is 18.7 Å². The first kappa shape index (κ1) is 19.2.